The quantitative estimate of drug-likeness (QED) is 0.0563. The molecule has 11 N–H and O–H groups in total. The first kappa shape index (κ1) is 26.7. The minimum absolute atomic E-state index is 0.0787. The summed E-state index contributed by atoms with van der Waals surface area (Å²) in [6.07, 6.45) is 3.58. The summed E-state index contributed by atoms with van der Waals surface area (Å²) in [7, 11) is 0. The van der Waals surface area contributed by atoms with Crippen molar-refractivity contribution < 1.29 is 24.3 Å². The molecule has 1 aromatic rings. The molecule has 3 unspecified atom stereocenters. The van der Waals surface area contributed by atoms with E-state index in [1.54, 1.807) is 0 Å². The van der Waals surface area contributed by atoms with Gasteiger partial charge < -0.3 is 43.2 Å². The highest BCUT2D eigenvalue weighted by atomic mass is 32.1. The van der Waals surface area contributed by atoms with E-state index < -0.39 is 48.4 Å². The zero-order valence-corrected chi connectivity index (χ0v) is 18.2. The fourth-order valence-electron chi connectivity index (χ4n) is 2.50. The smallest absolute Gasteiger partial charge is 0.326 e. The number of thiol groups is 1. The zero-order valence-electron chi connectivity index (χ0n) is 17.3. The van der Waals surface area contributed by atoms with Crippen molar-refractivity contribution in [3.63, 3.8) is 0 Å². The van der Waals surface area contributed by atoms with E-state index in [2.05, 4.69) is 43.5 Å². The summed E-state index contributed by atoms with van der Waals surface area (Å²) in [4.78, 5) is 58.2. The normalized spacial score (nSPS) is 13.3. The Morgan fingerprint density at radius 2 is 1.91 bits per heavy atom. The van der Waals surface area contributed by atoms with E-state index in [1.807, 2.05) is 0 Å². The largest absolute Gasteiger partial charge is 0.480 e. The van der Waals surface area contributed by atoms with Crippen molar-refractivity contribution in [2.24, 2.45) is 22.2 Å². The standard InChI is InChI=1S/C17H29N9O5S/c18-10(4-9-5-21-8-24-9)14(28)23-6-13(27)25-12(7-32)15(29)26-11(16(30)31)2-1-3-22-17(19)20/h5,8,10-12,32H,1-4,6-7,18H2,(H,21,24)(H,23,28)(H,25,27)(H,26,29)(H,30,31)(H4,19,20,22). The third-order valence-electron chi connectivity index (χ3n) is 4.15. The van der Waals surface area contributed by atoms with Gasteiger partial charge in [0.2, 0.25) is 17.7 Å². The monoisotopic (exact) mass is 471 g/mol. The minimum Gasteiger partial charge on any atom is -0.480 e. The molecule has 178 valence electrons. The van der Waals surface area contributed by atoms with Crippen molar-refractivity contribution in [3.05, 3.63) is 18.2 Å². The fraction of sp³-hybridized carbons (Fsp3) is 0.529. The lowest BCUT2D eigenvalue weighted by molar-refractivity contribution is -0.142. The maximum Gasteiger partial charge on any atom is 0.326 e. The van der Waals surface area contributed by atoms with Gasteiger partial charge in [0, 0.05) is 30.6 Å². The highest BCUT2D eigenvalue weighted by Gasteiger charge is 2.26. The lowest BCUT2D eigenvalue weighted by atomic mass is 10.1. The second-order valence-electron chi connectivity index (χ2n) is 6.76. The highest BCUT2D eigenvalue weighted by molar-refractivity contribution is 7.80. The number of aromatic nitrogens is 2. The molecule has 32 heavy (non-hydrogen) atoms. The molecule has 0 radical (unpaired) electrons. The predicted molar refractivity (Wildman–Crippen MR) is 119 cm³/mol. The summed E-state index contributed by atoms with van der Waals surface area (Å²) < 4.78 is 0. The van der Waals surface area contributed by atoms with Gasteiger partial charge in [-0.3, -0.25) is 19.4 Å². The van der Waals surface area contributed by atoms with Gasteiger partial charge in [0.25, 0.3) is 0 Å². The molecule has 0 fully saturated rings. The van der Waals surface area contributed by atoms with Crippen molar-refractivity contribution in [1.82, 2.24) is 25.9 Å². The van der Waals surface area contributed by atoms with E-state index in [4.69, 9.17) is 17.2 Å². The molecule has 1 heterocycles. The van der Waals surface area contributed by atoms with Gasteiger partial charge in [0.1, 0.15) is 12.1 Å². The zero-order chi connectivity index (χ0) is 24.1. The Morgan fingerprint density at radius 3 is 2.47 bits per heavy atom. The molecule has 15 heteroatoms. The van der Waals surface area contributed by atoms with Crippen molar-refractivity contribution in [1.29, 1.82) is 0 Å². The summed E-state index contributed by atoms with van der Waals surface area (Å²) >= 11 is 4.02. The molecule has 0 bridgehead atoms. The Hall–Kier alpha value is -3.33. The first-order valence-corrected chi connectivity index (χ1v) is 10.3. The van der Waals surface area contributed by atoms with Gasteiger partial charge >= 0.3 is 5.97 Å². The number of nitrogens with one attached hydrogen (secondary N) is 4. The van der Waals surface area contributed by atoms with Crippen LogP contribution in [0.1, 0.15) is 18.5 Å². The molecular formula is C17H29N9O5S. The number of guanidine groups is 1. The number of aromatic amines is 1. The number of nitrogens with two attached hydrogens (primary N) is 3. The number of hydrogen-bond donors (Lipinski definition) is 9. The summed E-state index contributed by atoms with van der Waals surface area (Å²) in [6.45, 7) is -0.217. The number of carboxylic acid groups (broad SMARTS) is 1. The van der Waals surface area contributed by atoms with Crippen LogP contribution >= 0.6 is 12.6 Å². The summed E-state index contributed by atoms with van der Waals surface area (Å²) in [5.41, 5.74) is 16.8. The van der Waals surface area contributed by atoms with Gasteiger partial charge in [-0.1, -0.05) is 0 Å². The van der Waals surface area contributed by atoms with Crippen LogP contribution in [-0.4, -0.2) is 81.7 Å². The molecule has 0 spiro atoms. The first-order chi connectivity index (χ1) is 15.1. The number of imidazole rings is 1. The van der Waals surface area contributed by atoms with Crippen LogP contribution in [0.5, 0.6) is 0 Å². The van der Waals surface area contributed by atoms with E-state index in [0.717, 1.165) is 0 Å². The molecule has 3 atom stereocenters. The van der Waals surface area contributed by atoms with Crippen LogP contribution in [-0.2, 0) is 25.6 Å². The fourth-order valence-corrected chi connectivity index (χ4v) is 2.75. The second kappa shape index (κ2) is 13.9. The molecule has 0 aromatic carbocycles. The van der Waals surface area contributed by atoms with Gasteiger partial charge in [0.15, 0.2) is 5.96 Å². The average Bonchev–Trinajstić information content (AvgIpc) is 3.24. The Bertz CT molecular complexity index is 798. The summed E-state index contributed by atoms with van der Waals surface area (Å²) in [5.74, 6) is -3.41. The lowest BCUT2D eigenvalue weighted by Gasteiger charge is -2.20. The molecule has 3 amide bonds. The molecule has 0 aliphatic heterocycles. The van der Waals surface area contributed by atoms with Gasteiger partial charge in [-0.2, -0.15) is 12.6 Å². The maximum atomic E-state index is 12.4. The lowest BCUT2D eigenvalue weighted by Crippen LogP contribution is -2.54. The van der Waals surface area contributed by atoms with Gasteiger partial charge in [0.05, 0.1) is 18.9 Å². The van der Waals surface area contributed by atoms with Crippen molar-refractivity contribution in [2.45, 2.75) is 37.4 Å². The minimum atomic E-state index is -1.24. The van der Waals surface area contributed by atoms with E-state index in [1.165, 1.54) is 12.5 Å². The van der Waals surface area contributed by atoms with Gasteiger partial charge in [-0.15, -0.1) is 0 Å². The second-order valence-corrected chi connectivity index (χ2v) is 7.12. The van der Waals surface area contributed by atoms with E-state index >= 15 is 0 Å². The van der Waals surface area contributed by atoms with Crippen molar-refractivity contribution in [2.75, 3.05) is 18.8 Å². The van der Waals surface area contributed by atoms with Crippen LogP contribution in [0, 0.1) is 0 Å². The van der Waals surface area contributed by atoms with Crippen LogP contribution in [0.3, 0.4) is 0 Å². The molecule has 0 saturated heterocycles. The Labute approximate surface area is 189 Å². The van der Waals surface area contributed by atoms with Crippen LogP contribution in [0.15, 0.2) is 17.5 Å². The highest BCUT2D eigenvalue weighted by Crippen LogP contribution is 2.01. The third-order valence-corrected chi connectivity index (χ3v) is 4.51. The number of amides is 3. The molecule has 1 aromatic heterocycles. The van der Waals surface area contributed by atoms with Crippen LogP contribution < -0.4 is 33.2 Å². The van der Waals surface area contributed by atoms with Gasteiger partial charge in [-0.05, 0) is 12.8 Å². The number of hydrogen-bond acceptors (Lipinski definition) is 8. The number of carboxylic acids is 1. The average molecular weight is 472 g/mol. The number of carbonyl (C=O) groups is 4. The van der Waals surface area contributed by atoms with Crippen LogP contribution in [0.2, 0.25) is 0 Å². The number of rotatable bonds is 14. The molecule has 14 nitrogen and oxygen atoms in total. The predicted octanol–water partition coefficient (Wildman–Crippen LogP) is -3.57. The number of H-pyrrole nitrogens is 1. The van der Waals surface area contributed by atoms with Crippen LogP contribution in [0.25, 0.3) is 0 Å². The number of aliphatic carboxylic acids is 1. The van der Waals surface area contributed by atoms with E-state index in [0.29, 0.717) is 12.1 Å². The molecule has 0 saturated carbocycles. The van der Waals surface area contributed by atoms with Crippen molar-refractivity contribution in [3.8, 4) is 0 Å². The number of aliphatic imine (C=N–C) groups is 1. The molecule has 0 aliphatic rings. The Balaban J connectivity index is 2.48. The SMILES string of the molecule is NC(N)=NCCCC(NC(=O)C(CS)NC(=O)CNC(=O)C(N)Cc1cnc[nH]1)C(=O)O. The number of nitrogens with zero attached hydrogens (tertiary/aromatic N) is 2. The van der Waals surface area contributed by atoms with E-state index in [-0.39, 0.29) is 31.1 Å². The third kappa shape index (κ3) is 10.1. The summed E-state index contributed by atoms with van der Waals surface area (Å²) in [5, 5.41) is 16.4. The first-order valence-electron chi connectivity index (χ1n) is 9.63. The van der Waals surface area contributed by atoms with Crippen LogP contribution in [0.4, 0.5) is 0 Å². The van der Waals surface area contributed by atoms with Gasteiger partial charge in [-0.25, -0.2) is 9.78 Å². The maximum absolute atomic E-state index is 12.4. The molecule has 0 aliphatic carbocycles. The number of carbonyl (C=O) groups excluding carboxylic acids is 3. The summed E-state index contributed by atoms with van der Waals surface area (Å²) in [6, 6.07) is -3.21. The molecule has 1 rings (SSSR count). The van der Waals surface area contributed by atoms with Crippen molar-refractivity contribution >= 4 is 42.3 Å². The Morgan fingerprint density at radius 1 is 1.19 bits per heavy atom. The topological polar surface area (TPSA) is 244 Å². The van der Waals surface area contributed by atoms with E-state index in [9.17, 15) is 24.3 Å². The Kier molecular flexibility index (Phi) is 11.6. The molecular weight excluding hydrogens is 442 g/mol.